The number of hydrogen-bond acceptors (Lipinski definition) is 5. The van der Waals surface area contributed by atoms with Crippen molar-refractivity contribution in [3.63, 3.8) is 0 Å². The zero-order valence-electron chi connectivity index (χ0n) is 11.3. The Morgan fingerprint density at radius 1 is 1.50 bits per heavy atom. The van der Waals surface area contributed by atoms with Crippen LogP contribution in [0.25, 0.3) is 11.3 Å². The fourth-order valence-corrected chi connectivity index (χ4v) is 2.56. The highest BCUT2D eigenvalue weighted by atomic mass is 32.2. The number of rotatable bonds is 6. The Morgan fingerprint density at radius 2 is 2.27 bits per heavy atom. The van der Waals surface area contributed by atoms with E-state index in [4.69, 9.17) is 9.08 Å². The van der Waals surface area contributed by atoms with E-state index in [2.05, 4.69) is 9.34 Å². The number of carbonyl (C=O) groups is 1. The van der Waals surface area contributed by atoms with Gasteiger partial charge in [0.1, 0.15) is 12.1 Å². The predicted molar refractivity (Wildman–Crippen MR) is 74.4 cm³/mol. The molecule has 1 saturated carbocycles. The van der Waals surface area contributed by atoms with Gasteiger partial charge in [0.15, 0.2) is 5.76 Å². The number of aromatic nitrogens is 1. The topological polar surface area (TPSA) is 89.6 Å². The van der Waals surface area contributed by atoms with Crippen LogP contribution in [0, 0.1) is 5.82 Å². The van der Waals surface area contributed by atoms with Crippen molar-refractivity contribution in [2.75, 3.05) is 0 Å². The maximum Gasteiger partial charge on any atom is 0.302 e. The molecule has 0 bridgehead atoms. The maximum atomic E-state index is 14.3. The molecule has 0 amide bonds. The van der Waals surface area contributed by atoms with Crippen molar-refractivity contribution in [1.82, 2.24) is 5.16 Å². The number of halogens is 1. The van der Waals surface area contributed by atoms with Gasteiger partial charge in [0.05, 0.1) is 23.8 Å². The zero-order valence-corrected chi connectivity index (χ0v) is 12.1. The molecular formula is C14H12FNO5S. The fourth-order valence-electron chi connectivity index (χ4n) is 2.32. The third-order valence-electron chi connectivity index (χ3n) is 3.73. The molecule has 0 aliphatic heterocycles. The van der Waals surface area contributed by atoms with Crippen LogP contribution in [-0.2, 0) is 32.4 Å². The molecule has 1 aliphatic rings. The summed E-state index contributed by atoms with van der Waals surface area (Å²) in [6, 6.07) is 4.21. The molecule has 116 valence electrons. The second-order valence-electron chi connectivity index (χ2n) is 5.14. The van der Waals surface area contributed by atoms with Crippen LogP contribution in [0.3, 0.4) is 0 Å². The van der Waals surface area contributed by atoms with Gasteiger partial charge in [-0.05, 0) is 30.5 Å². The molecule has 6 nitrogen and oxygen atoms in total. The molecule has 0 saturated heterocycles. The smallest absolute Gasteiger partial charge is 0.302 e. The Labute approximate surface area is 127 Å². The van der Waals surface area contributed by atoms with E-state index in [1.807, 2.05) is 0 Å². The standard InChI is InChI=1S/C14H12FNO5S/c15-12-5-9(7-20-22(18)19)1-2-10(12)13-11(6-16-21-13)14(8-17)3-4-14/h1-2,5-6,8H,3-4,7H2,(H,18,19). The lowest BCUT2D eigenvalue weighted by Gasteiger charge is -2.08. The largest absolute Gasteiger partial charge is 0.356 e. The Balaban J connectivity index is 1.92. The van der Waals surface area contributed by atoms with Gasteiger partial charge < -0.3 is 9.32 Å². The minimum Gasteiger partial charge on any atom is -0.356 e. The highest BCUT2D eigenvalue weighted by Crippen LogP contribution is 2.49. The Morgan fingerprint density at radius 3 is 2.86 bits per heavy atom. The lowest BCUT2D eigenvalue weighted by Crippen LogP contribution is -2.08. The van der Waals surface area contributed by atoms with E-state index >= 15 is 0 Å². The van der Waals surface area contributed by atoms with Crippen molar-refractivity contribution in [2.45, 2.75) is 24.9 Å². The molecule has 3 rings (SSSR count). The van der Waals surface area contributed by atoms with Gasteiger partial charge in [-0.15, -0.1) is 0 Å². The van der Waals surface area contributed by atoms with E-state index in [0.29, 0.717) is 24.0 Å². The molecule has 1 heterocycles. The van der Waals surface area contributed by atoms with Crippen LogP contribution >= 0.6 is 0 Å². The minimum atomic E-state index is -2.41. The van der Waals surface area contributed by atoms with Gasteiger partial charge in [0.25, 0.3) is 0 Å². The molecule has 1 aliphatic carbocycles. The SMILES string of the molecule is O=CC1(c2cnoc2-c2ccc(COS(=O)O)cc2F)CC1. The zero-order chi connectivity index (χ0) is 15.7. The van der Waals surface area contributed by atoms with E-state index < -0.39 is 22.6 Å². The van der Waals surface area contributed by atoms with Crippen LogP contribution in [-0.4, -0.2) is 20.2 Å². The lowest BCUT2D eigenvalue weighted by atomic mass is 9.95. The molecule has 8 heteroatoms. The summed E-state index contributed by atoms with van der Waals surface area (Å²) in [4.78, 5) is 11.2. The molecular weight excluding hydrogens is 313 g/mol. The molecule has 1 N–H and O–H groups in total. The Hall–Kier alpha value is -1.90. The summed E-state index contributed by atoms with van der Waals surface area (Å²) in [6.07, 6.45) is 3.68. The number of benzene rings is 1. The summed E-state index contributed by atoms with van der Waals surface area (Å²) in [5.74, 6) is -0.343. The molecule has 22 heavy (non-hydrogen) atoms. The first-order valence-corrected chi connectivity index (χ1v) is 7.53. The van der Waals surface area contributed by atoms with E-state index in [9.17, 15) is 13.4 Å². The summed E-state index contributed by atoms with van der Waals surface area (Å²) >= 11 is -2.41. The van der Waals surface area contributed by atoms with Crippen molar-refractivity contribution in [2.24, 2.45) is 0 Å². The van der Waals surface area contributed by atoms with Gasteiger partial charge in [0.2, 0.25) is 0 Å². The third kappa shape index (κ3) is 2.72. The summed E-state index contributed by atoms with van der Waals surface area (Å²) < 4.78 is 42.9. The van der Waals surface area contributed by atoms with Crippen LogP contribution in [0.1, 0.15) is 24.0 Å². The van der Waals surface area contributed by atoms with Crippen LogP contribution in [0.4, 0.5) is 4.39 Å². The first-order valence-electron chi connectivity index (χ1n) is 6.50. The maximum absolute atomic E-state index is 14.3. The highest BCUT2D eigenvalue weighted by molar-refractivity contribution is 7.74. The van der Waals surface area contributed by atoms with Gasteiger partial charge in [-0.2, -0.15) is 4.21 Å². The minimum absolute atomic E-state index is 0.189. The van der Waals surface area contributed by atoms with Gasteiger partial charge in [0, 0.05) is 5.56 Å². The second kappa shape index (κ2) is 5.71. The fraction of sp³-hybridized carbons (Fsp3) is 0.286. The van der Waals surface area contributed by atoms with E-state index in [-0.39, 0.29) is 17.9 Å². The normalized spacial score (nSPS) is 17.2. The van der Waals surface area contributed by atoms with Gasteiger partial charge in [-0.25, -0.2) is 4.39 Å². The number of hydrogen-bond donors (Lipinski definition) is 1. The lowest BCUT2D eigenvalue weighted by molar-refractivity contribution is -0.109. The Kier molecular flexibility index (Phi) is 3.90. The predicted octanol–water partition coefficient (Wildman–Crippen LogP) is 2.36. The van der Waals surface area contributed by atoms with E-state index in [1.165, 1.54) is 18.3 Å². The van der Waals surface area contributed by atoms with Gasteiger partial charge >= 0.3 is 11.4 Å². The first kappa shape index (κ1) is 15.0. The van der Waals surface area contributed by atoms with E-state index in [1.54, 1.807) is 6.07 Å². The molecule has 1 aromatic heterocycles. The summed E-state index contributed by atoms with van der Waals surface area (Å²) in [6.45, 7) is -0.193. The van der Waals surface area contributed by atoms with Gasteiger partial charge in [-0.1, -0.05) is 11.2 Å². The third-order valence-corrected chi connectivity index (χ3v) is 4.05. The second-order valence-corrected chi connectivity index (χ2v) is 5.81. The molecule has 0 radical (unpaired) electrons. The van der Waals surface area contributed by atoms with E-state index in [0.717, 1.165) is 6.29 Å². The van der Waals surface area contributed by atoms with Crippen molar-refractivity contribution < 1.29 is 26.7 Å². The molecule has 0 spiro atoms. The van der Waals surface area contributed by atoms with Crippen LogP contribution in [0.2, 0.25) is 0 Å². The molecule has 1 aromatic carbocycles. The summed E-state index contributed by atoms with van der Waals surface area (Å²) in [5, 5.41) is 3.68. The van der Waals surface area contributed by atoms with Crippen LogP contribution < -0.4 is 0 Å². The number of aldehydes is 1. The van der Waals surface area contributed by atoms with Crippen molar-refractivity contribution in [3.05, 3.63) is 41.3 Å². The van der Waals surface area contributed by atoms with Crippen LogP contribution in [0.15, 0.2) is 28.9 Å². The highest BCUT2D eigenvalue weighted by Gasteiger charge is 2.47. The first-order chi connectivity index (χ1) is 10.6. The molecule has 1 fully saturated rings. The molecule has 2 aromatic rings. The Bertz CT molecular complexity index is 741. The average Bonchev–Trinajstić information content (AvgIpc) is 3.15. The quantitative estimate of drug-likeness (QED) is 0.648. The summed E-state index contributed by atoms with van der Waals surface area (Å²) in [5.41, 5.74) is 0.565. The number of nitrogens with zero attached hydrogens (tertiary/aromatic N) is 1. The van der Waals surface area contributed by atoms with Gasteiger partial charge in [-0.3, -0.25) is 8.74 Å². The average molecular weight is 325 g/mol. The van der Waals surface area contributed by atoms with Crippen molar-refractivity contribution in [1.29, 1.82) is 0 Å². The number of carbonyl (C=O) groups excluding carboxylic acids is 1. The van der Waals surface area contributed by atoms with Crippen LogP contribution in [0.5, 0.6) is 0 Å². The monoisotopic (exact) mass is 325 g/mol. The van der Waals surface area contributed by atoms with Crippen molar-refractivity contribution >= 4 is 17.6 Å². The molecule has 1 unspecified atom stereocenters. The summed E-state index contributed by atoms with van der Waals surface area (Å²) in [7, 11) is 0. The van der Waals surface area contributed by atoms with Crippen molar-refractivity contribution in [3.8, 4) is 11.3 Å². The molecule has 1 atom stereocenters.